The molecule has 0 radical (unpaired) electrons. The van der Waals surface area contributed by atoms with Crippen molar-refractivity contribution in [1.29, 1.82) is 0 Å². The van der Waals surface area contributed by atoms with E-state index in [4.69, 9.17) is 9.84 Å². The van der Waals surface area contributed by atoms with E-state index in [1.165, 1.54) is 12.8 Å². The fraction of sp³-hybridized carbons (Fsp3) is 0.391. The van der Waals surface area contributed by atoms with Gasteiger partial charge in [-0.2, -0.15) is 5.10 Å². The third kappa shape index (κ3) is 4.09. The molecule has 2 aromatic rings. The molecule has 2 aromatic carbocycles. The molecule has 5 nitrogen and oxygen atoms in total. The van der Waals surface area contributed by atoms with Crippen LogP contribution in [0, 0.1) is 0 Å². The number of carbonyl (C=O) groups is 1. The zero-order valence-electron chi connectivity index (χ0n) is 16.4. The average Bonchev–Trinajstić information content (AvgIpc) is 3.39. The predicted molar refractivity (Wildman–Crippen MR) is 110 cm³/mol. The summed E-state index contributed by atoms with van der Waals surface area (Å²) in [7, 11) is 0. The molecule has 146 valence electrons. The molecule has 4 rings (SSSR count). The summed E-state index contributed by atoms with van der Waals surface area (Å²) in [4.78, 5) is 15.3. The van der Waals surface area contributed by atoms with Crippen LogP contribution in [0.25, 0.3) is 0 Å². The van der Waals surface area contributed by atoms with Crippen LogP contribution < -0.4 is 4.74 Å². The largest absolute Gasteiger partial charge is 0.494 e. The topological polar surface area (TPSA) is 45.1 Å². The van der Waals surface area contributed by atoms with Crippen LogP contribution in [0.15, 0.2) is 59.7 Å². The molecular weight excluding hydrogens is 350 g/mol. The summed E-state index contributed by atoms with van der Waals surface area (Å²) in [6.45, 7) is 5.07. The van der Waals surface area contributed by atoms with Crippen LogP contribution in [0.1, 0.15) is 43.4 Å². The predicted octanol–water partition coefficient (Wildman–Crippen LogP) is 3.86. The van der Waals surface area contributed by atoms with Crippen molar-refractivity contribution in [3.63, 3.8) is 0 Å². The highest BCUT2D eigenvalue weighted by Crippen LogP contribution is 2.33. The Balaban J connectivity index is 1.58. The maximum Gasteiger partial charge on any atom is 0.257 e. The van der Waals surface area contributed by atoms with Crippen molar-refractivity contribution in [3.8, 4) is 5.75 Å². The molecule has 1 atom stereocenters. The standard InChI is InChI=1S/C23H27N3O2/c1-2-28-20-12-10-19(11-13-20)22-16-21(18-8-4-3-5-9-18)24-26(22)23(27)17-25-14-6-7-15-25/h3-5,8-13,22H,2,6-7,14-17H2,1H3. The van der Waals surface area contributed by atoms with Crippen molar-refractivity contribution in [2.45, 2.75) is 32.2 Å². The van der Waals surface area contributed by atoms with Gasteiger partial charge in [0.05, 0.1) is 24.9 Å². The summed E-state index contributed by atoms with van der Waals surface area (Å²) in [6.07, 6.45) is 3.08. The minimum Gasteiger partial charge on any atom is -0.494 e. The van der Waals surface area contributed by atoms with E-state index >= 15 is 0 Å². The normalized spacial score (nSPS) is 19.7. The van der Waals surface area contributed by atoms with Gasteiger partial charge in [0.25, 0.3) is 5.91 Å². The van der Waals surface area contributed by atoms with E-state index in [0.717, 1.165) is 42.1 Å². The first-order valence-corrected chi connectivity index (χ1v) is 10.1. The van der Waals surface area contributed by atoms with Crippen LogP contribution in [0.5, 0.6) is 5.75 Å². The molecule has 28 heavy (non-hydrogen) atoms. The third-order valence-corrected chi connectivity index (χ3v) is 5.41. The second-order valence-corrected chi connectivity index (χ2v) is 7.36. The second-order valence-electron chi connectivity index (χ2n) is 7.36. The first-order valence-electron chi connectivity index (χ1n) is 10.1. The van der Waals surface area contributed by atoms with Gasteiger partial charge in [-0.05, 0) is 56.1 Å². The van der Waals surface area contributed by atoms with Gasteiger partial charge < -0.3 is 4.74 Å². The Hall–Kier alpha value is -2.66. The molecule has 1 amide bonds. The fourth-order valence-electron chi connectivity index (χ4n) is 3.96. The second kappa shape index (κ2) is 8.57. The van der Waals surface area contributed by atoms with Gasteiger partial charge in [0, 0.05) is 6.42 Å². The molecule has 1 fully saturated rings. The van der Waals surface area contributed by atoms with Crippen molar-refractivity contribution in [2.75, 3.05) is 26.2 Å². The molecule has 2 heterocycles. The summed E-state index contributed by atoms with van der Waals surface area (Å²) in [6, 6.07) is 18.1. The van der Waals surface area contributed by atoms with Crippen molar-refractivity contribution in [3.05, 3.63) is 65.7 Å². The molecule has 0 bridgehead atoms. The van der Waals surface area contributed by atoms with E-state index in [9.17, 15) is 4.79 Å². The van der Waals surface area contributed by atoms with Gasteiger partial charge in [0.1, 0.15) is 5.75 Å². The molecule has 0 N–H and O–H groups in total. The smallest absolute Gasteiger partial charge is 0.257 e. The fourth-order valence-corrected chi connectivity index (χ4v) is 3.96. The van der Waals surface area contributed by atoms with Crippen molar-refractivity contribution < 1.29 is 9.53 Å². The highest BCUT2D eigenvalue weighted by molar-refractivity contribution is 6.03. The van der Waals surface area contributed by atoms with Gasteiger partial charge >= 0.3 is 0 Å². The Morgan fingerprint density at radius 2 is 1.79 bits per heavy atom. The lowest BCUT2D eigenvalue weighted by Crippen LogP contribution is -2.36. The number of benzene rings is 2. The third-order valence-electron chi connectivity index (χ3n) is 5.41. The van der Waals surface area contributed by atoms with Crippen LogP contribution in [0.3, 0.4) is 0 Å². The summed E-state index contributed by atoms with van der Waals surface area (Å²) in [5, 5.41) is 6.46. The number of rotatable bonds is 6. The first kappa shape index (κ1) is 18.7. The number of nitrogens with zero attached hydrogens (tertiary/aromatic N) is 3. The van der Waals surface area contributed by atoms with Crippen LogP contribution in [-0.2, 0) is 4.79 Å². The van der Waals surface area contributed by atoms with E-state index in [-0.39, 0.29) is 11.9 Å². The quantitative estimate of drug-likeness (QED) is 0.768. The van der Waals surface area contributed by atoms with Crippen LogP contribution in [0.4, 0.5) is 0 Å². The number of hydrazone groups is 1. The zero-order valence-corrected chi connectivity index (χ0v) is 16.4. The minimum absolute atomic E-state index is 0.0685. The molecule has 2 aliphatic rings. The van der Waals surface area contributed by atoms with Crippen LogP contribution in [-0.4, -0.2) is 47.8 Å². The Morgan fingerprint density at radius 1 is 1.07 bits per heavy atom. The van der Waals surface area contributed by atoms with Crippen molar-refractivity contribution in [2.24, 2.45) is 5.10 Å². The monoisotopic (exact) mass is 377 g/mol. The van der Waals surface area contributed by atoms with Crippen LogP contribution in [0.2, 0.25) is 0 Å². The molecule has 1 saturated heterocycles. The lowest BCUT2D eigenvalue weighted by Gasteiger charge is -2.24. The first-order chi connectivity index (χ1) is 13.7. The molecule has 1 unspecified atom stereocenters. The minimum atomic E-state index is -0.0685. The Bertz CT molecular complexity index is 827. The van der Waals surface area contributed by atoms with Gasteiger partial charge in [-0.25, -0.2) is 5.01 Å². The zero-order chi connectivity index (χ0) is 19.3. The Kier molecular flexibility index (Phi) is 5.72. The summed E-state index contributed by atoms with van der Waals surface area (Å²) >= 11 is 0. The number of likely N-dealkylation sites (tertiary alicyclic amines) is 1. The molecule has 0 aliphatic carbocycles. The molecular formula is C23H27N3O2. The van der Waals surface area contributed by atoms with Gasteiger partial charge in [-0.3, -0.25) is 9.69 Å². The maximum atomic E-state index is 13.1. The van der Waals surface area contributed by atoms with Gasteiger partial charge in [-0.15, -0.1) is 0 Å². The van der Waals surface area contributed by atoms with Crippen molar-refractivity contribution >= 4 is 11.6 Å². The number of carbonyl (C=O) groups excluding carboxylic acids is 1. The molecule has 0 aromatic heterocycles. The highest BCUT2D eigenvalue weighted by Gasteiger charge is 2.34. The lowest BCUT2D eigenvalue weighted by molar-refractivity contribution is -0.134. The van der Waals surface area contributed by atoms with E-state index in [2.05, 4.69) is 29.2 Å². The summed E-state index contributed by atoms with van der Waals surface area (Å²) in [5.74, 6) is 0.926. The average molecular weight is 377 g/mol. The van der Waals surface area contributed by atoms with Gasteiger partial charge in [0.2, 0.25) is 0 Å². The molecule has 0 spiro atoms. The van der Waals surface area contributed by atoms with Gasteiger partial charge in [0.15, 0.2) is 0 Å². The number of ether oxygens (including phenoxy) is 1. The molecule has 0 saturated carbocycles. The van der Waals surface area contributed by atoms with E-state index in [1.54, 1.807) is 5.01 Å². The Labute approximate surface area is 166 Å². The lowest BCUT2D eigenvalue weighted by atomic mass is 9.98. The number of hydrogen-bond acceptors (Lipinski definition) is 4. The van der Waals surface area contributed by atoms with E-state index in [0.29, 0.717) is 13.2 Å². The molecule has 2 aliphatic heterocycles. The summed E-state index contributed by atoms with van der Waals surface area (Å²) in [5.41, 5.74) is 3.14. The van der Waals surface area contributed by atoms with Crippen molar-refractivity contribution in [1.82, 2.24) is 9.91 Å². The molecule has 5 heteroatoms. The highest BCUT2D eigenvalue weighted by atomic mass is 16.5. The van der Waals surface area contributed by atoms with Gasteiger partial charge in [-0.1, -0.05) is 42.5 Å². The summed E-state index contributed by atoms with van der Waals surface area (Å²) < 4.78 is 5.56. The van der Waals surface area contributed by atoms with E-state index < -0.39 is 0 Å². The SMILES string of the molecule is CCOc1ccc(C2CC(c3ccccc3)=NN2C(=O)CN2CCCC2)cc1. The van der Waals surface area contributed by atoms with Crippen LogP contribution >= 0.6 is 0 Å². The maximum absolute atomic E-state index is 13.1. The number of hydrogen-bond donors (Lipinski definition) is 0. The number of amides is 1. The van der Waals surface area contributed by atoms with E-state index in [1.807, 2.05) is 37.3 Å². The Morgan fingerprint density at radius 3 is 2.46 bits per heavy atom.